The lowest BCUT2D eigenvalue weighted by molar-refractivity contribution is -0.113. The first-order valence-corrected chi connectivity index (χ1v) is 6.42. The first-order chi connectivity index (χ1) is 9.19. The van der Waals surface area contributed by atoms with Crippen LogP contribution in [0.5, 0.6) is 11.5 Å². The number of anilines is 1. The third-order valence-electron chi connectivity index (χ3n) is 2.57. The fraction of sp³-hybridized carbons (Fsp3) is 0.133. The van der Waals surface area contributed by atoms with Crippen LogP contribution in [0.4, 0.5) is 5.69 Å². The van der Waals surface area contributed by atoms with E-state index < -0.39 is 0 Å². The van der Waals surface area contributed by atoms with Crippen molar-refractivity contribution in [3.05, 3.63) is 54.1 Å². The molecule has 3 nitrogen and oxygen atoms in total. The number of ether oxygens (including phenoxy) is 1. The van der Waals surface area contributed by atoms with Crippen LogP contribution in [0.25, 0.3) is 0 Å². The van der Waals surface area contributed by atoms with Crippen molar-refractivity contribution in [2.24, 2.45) is 0 Å². The van der Waals surface area contributed by atoms with Crippen molar-refractivity contribution in [2.75, 3.05) is 11.2 Å². The number of aryl methyl sites for hydroxylation is 1. The standard InChI is InChI=1S/C15H14ClNO2/c1-11-9-13(19-12-5-3-2-4-6-12)7-8-14(11)17-15(18)10-16/h2-9H,10H2,1H3,(H,17,18). The van der Waals surface area contributed by atoms with Crippen LogP contribution < -0.4 is 10.1 Å². The minimum Gasteiger partial charge on any atom is -0.457 e. The number of carbonyl (C=O) groups is 1. The first kappa shape index (κ1) is 13.4. The quantitative estimate of drug-likeness (QED) is 0.858. The molecule has 19 heavy (non-hydrogen) atoms. The topological polar surface area (TPSA) is 38.3 Å². The molecule has 0 saturated heterocycles. The van der Waals surface area contributed by atoms with Gasteiger partial charge in [-0.2, -0.15) is 0 Å². The summed E-state index contributed by atoms with van der Waals surface area (Å²) < 4.78 is 5.71. The Bertz CT molecular complexity index is 570. The predicted molar refractivity (Wildman–Crippen MR) is 77.0 cm³/mol. The summed E-state index contributed by atoms with van der Waals surface area (Å²) in [7, 11) is 0. The normalized spacial score (nSPS) is 10.0. The van der Waals surface area contributed by atoms with Crippen molar-refractivity contribution in [3.63, 3.8) is 0 Å². The number of amides is 1. The highest BCUT2D eigenvalue weighted by Crippen LogP contribution is 2.25. The lowest BCUT2D eigenvalue weighted by atomic mass is 10.2. The second-order valence-electron chi connectivity index (χ2n) is 4.07. The van der Waals surface area contributed by atoms with Gasteiger partial charge in [0.25, 0.3) is 0 Å². The molecule has 0 heterocycles. The van der Waals surface area contributed by atoms with E-state index in [0.717, 1.165) is 22.7 Å². The summed E-state index contributed by atoms with van der Waals surface area (Å²) in [5, 5.41) is 2.72. The van der Waals surface area contributed by atoms with Gasteiger partial charge < -0.3 is 10.1 Å². The number of halogens is 1. The highest BCUT2D eigenvalue weighted by Gasteiger charge is 2.05. The second kappa shape index (κ2) is 6.25. The molecule has 0 aliphatic heterocycles. The highest BCUT2D eigenvalue weighted by atomic mass is 35.5. The Morgan fingerprint density at radius 2 is 1.89 bits per heavy atom. The summed E-state index contributed by atoms with van der Waals surface area (Å²) in [6.07, 6.45) is 0. The number of para-hydroxylation sites is 1. The fourth-order valence-corrected chi connectivity index (χ4v) is 1.71. The number of hydrogen-bond donors (Lipinski definition) is 1. The molecule has 0 fully saturated rings. The smallest absolute Gasteiger partial charge is 0.239 e. The van der Waals surface area contributed by atoms with Crippen LogP contribution in [0.15, 0.2) is 48.5 Å². The molecule has 0 radical (unpaired) electrons. The Morgan fingerprint density at radius 3 is 2.53 bits per heavy atom. The van der Waals surface area contributed by atoms with Crippen LogP contribution in [0.2, 0.25) is 0 Å². The minimum atomic E-state index is -0.221. The van der Waals surface area contributed by atoms with Gasteiger partial charge >= 0.3 is 0 Å². The molecular formula is C15H14ClNO2. The van der Waals surface area contributed by atoms with Crippen molar-refractivity contribution in [1.29, 1.82) is 0 Å². The van der Waals surface area contributed by atoms with Gasteiger partial charge in [-0.25, -0.2) is 0 Å². The summed E-state index contributed by atoms with van der Waals surface area (Å²) in [5.74, 6) is 1.23. The van der Waals surface area contributed by atoms with Gasteiger partial charge in [-0.05, 0) is 42.8 Å². The Hall–Kier alpha value is -2.00. The first-order valence-electron chi connectivity index (χ1n) is 5.88. The average Bonchev–Trinajstić information content (AvgIpc) is 2.43. The van der Waals surface area contributed by atoms with Crippen LogP contribution in [0.1, 0.15) is 5.56 Å². The molecule has 4 heteroatoms. The fourth-order valence-electron chi connectivity index (χ4n) is 1.65. The van der Waals surface area contributed by atoms with E-state index in [1.807, 2.05) is 49.4 Å². The van der Waals surface area contributed by atoms with E-state index in [-0.39, 0.29) is 11.8 Å². The second-order valence-corrected chi connectivity index (χ2v) is 4.34. The Morgan fingerprint density at radius 1 is 1.16 bits per heavy atom. The molecule has 0 bridgehead atoms. The SMILES string of the molecule is Cc1cc(Oc2ccccc2)ccc1NC(=O)CCl. The zero-order valence-corrected chi connectivity index (χ0v) is 11.3. The molecule has 98 valence electrons. The molecule has 2 rings (SSSR count). The molecule has 1 amide bonds. The molecule has 0 saturated carbocycles. The van der Waals surface area contributed by atoms with Gasteiger partial charge in [-0.3, -0.25) is 4.79 Å². The Kier molecular flexibility index (Phi) is 4.42. The summed E-state index contributed by atoms with van der Waals surface area (Å²) >= 11 is 5.46. The average molecular weight is 276 g/mol. The molecule has 0 atom stereocenters. The van der Waals surface area contributed by atoms with Crippen molar-refractivity contribution in [1.82, 2.24) is 0 Å². The van der Waals surface area contributed by atoms with E-state index in [0.29, 0.717) is 0 Å². The number of hydrogen-bond acceptors (Lipinski definition) is 2. The molecule has 0 aliphatic carbocycles. The Labute approximate surface area is 117 Å². The van der Waals surface area contributed by atoms with Crippen molar-refractivity contribution in [2.45, 2.75) is 6.92 Å². The van der Waals surface area contributed by atoms with Crippen LogP contribution in [0, 0.1) is 6.92 Å². The molecular weight excluding hydrogens is 262 g/mol. The molecule has 0 unspecified atom stereocenters. The van der Waals surface area contributed by atoms with E-state index in [9.17, 15) is 4.79 Å². The minimum absolute atomic E-state index is 0.0539. The number of carbonyl (C=O) groups excluding carboxylic acids is 1. The largest absolute Gasteiger partial charge is 0.457 e. The van der Waals surface area contributed by atoms with E-state index in [1.54, 1.807) is 6.07 Å². The van der Waals surface area contributed by atoms with Crippen LogP contribution in [-0.4, -0.2) is 11.8 Å². The van der Waals surface area contributed by atoms with Gasteiger partial charge in [0.15, 0.2) is 0 Å². The van der Waals surface area contributed by atoms with Crippen molar-refractivity contribution >= 4 is 23.2 Å². The van der Waals surface area contributed by atoms with E-state index in [1.165, 1.54) is 0 Å². The van der Waals surface area contributed by atoms with Crippen LogP contribution >= 0.6 is 11.6 Å². The maximum Gasteiger partial charge on any atom is 0.239 e. The lowest BCUT2D eigenvalue weighted by Crippen LogP contribution is -2.13. The third kappa shape index (κ3) is 3.73. The monoisotopic (exact) mass is 275 g/mol. The van der Waals surface area contributed by atoms with Gasteiger partial charge in [0.05, 0.1) is 0 Å². The summed E-state index contributed by atoms with van der Waals surface area (Å²) in [5.41, 5.74) is 1.66. The molecule has 2 aromatic carbocycles. The zero-order chi connectivity index (χ0) is 13.7. The van der Waals surface area contributed by atoms with E-state index in [2.05, 4.69) is 5.32 Å². The van der Waals surface area contributed by atoms with E-state index >= 15 is 0 Å². The van der Waals surface area contributed by atoms with Gasteiger partial charge in [0, 0.05) is 5.69 Å². The van der Waals surface area contributed by atoms with Gasteiger partial charge in [-0.15, -0.1) is 11.6 Å². The molecule has 0 spiro atoms. The number of nitrogens with one attached hydrogen (secondary N) is 1. The number of alkyl halides is 1. The van der Waals surface area contributed by atoms with Gasteiger partial charge in [0.2, 0.25) is 5.91 Å². The summed E-state index contributed by atoms with van der Waals surface area (Å²) in [6, 6.07) is 15.0. The van der Waals surface area contributed by atoms with Crippen molar-refractivity contribution in [3.8, 4) is 11.5 Å². The molecule has 0 aromatic heterocycles. The maximum atomic E-state index is 11.2. The van der Waals surface area contributed by atoms with Gasteiger partial charge in [0.1, 0.15) is 17.4 Å². The van der Waals surface area contributed by atoms with Crippen molar-refractivity contribution < 1.29 is 9.53 Å². The highest BCUT2D eigenvalue weighted by molar-refractivity contribution is 6.29. The number of rotatable bonds is 4. The molecule has 1 N–H and O–H groups in total. The Balaban J connectivity index is 2.13. The van der Waals surface area contributed by atoms with Crippen LogP contribution in [-0.2, 0) is 4.79 Å². The van der Waals surface area contributed by atoms with E-state index in [4.69, 9.17) is 16.3 Å². The number of benzene rings is 2. The molecule has 0 aliphatic rings. The molecule has 2 aromatic rings. The summed E-state index contributed by atoms with van der Waals surface area (Å²) in [4.78, 5) is 11.2. The van der Waals surface area contributed by atoms with Crippen LogP contribution in [0.3, 0.4) is 0 Å². The third-order valence-corrected chi connectivity index (χ3v) is 2.81. The zero-order valence-electron chi connectivity index (χ0n) is 10.5. The maximum absolute atomic E-state index is 11.2. The lowest BCUT2D eigenvalue weighted by Gasteiger charge is -2.10. The predicted octanol–water partition coefficient (Wildman–Crippen LogP) is 3.96. The summed E-state index contributed by atoms with van der Waals surface area (Å²) in [6.45, 7) is 1.90. The van der Waals surface area contributed by atoms with Gasteiger partial charge in [-0.1, -0.05) is 18.2 Å².